The predicted octanol–water partition coefficient (Wildman–Crippen LogP) is 2.10. The number of nitrogens with zero attached hydrogens (tertiary/aromatic N) is 4. The molecule has 0 aromatic carbocycles. The highest BCUT2D eigenvalue weighted by atomic mass is 35.5. The highest BCUT2D eigenvalue weighted by Gasteiger charge is 2.30. The molecule has 2 aliphatic heterocycles. The molecule has 7 nitrogen and oxygen atoms in total. The van der Waals surface area contributed by atoms with Crippen LogP contribution in [0, 0.1) is 5.92 Å². The van der Waals surface area contributed by atoms with Gasteiger partial charge in [0, 0.05) is 44.4 Å². The summed E-state index contributed by atoms with van der Waals surface area (Å²) in [5.74, 6) is 0.127. The maximum absolute atomic E-state index is 12.6. The molecule has 2 aromatic heterocycles. The fraction of sp³-hybridized carbons (Fsp3) is 0.450. The van der Waals surface area contributed by atoms with Gasteiger partial charge < -0.3 is 14.5 Å². The van der Waals surface area contributed by atoms with E-state index >= 15 is 0 Å². The van der Waals surface area contributed by atoms with Crippen LogP contribution < -0.4 is 0 Å². The van der Waals surface area contributed by atoms with Gasteiger partial charge in [-0.3, -0.25) is 14.0 Å². The van der Waals surface area contributed by atoms with Crippen molar-refractivity contribution in [2.45, 2.75) is 12.8 Å². The molecule has 148 valence electrons. The van der Waals surface area contributed by atoms with Crippen LogP contribution in [0.5, 0.6) is 0 Å². The van der Waals surface area contributed by atoms with Gasteiger partial charge in [0.1, 0.15) is 5.65 Å². The standard InChI is InChI=1S/C20H23ClN4O3/c21-19-16(25-8-2-1-3-17(25)22-19)4-5-18(26)23-9-6-15(7-10-23)20(27)24-11-13-28-14-12-24/h1-5,8,15H,6-7,9-14H2/b5-4+. The Bertz CT molecular complexity index is 896. The largest absolute Gasteiger partial charge is 0.378 e. The first kappa shape index (κ1) is 19.0. The highest BCUT2D eigenvalue weighted by molar-refractivity contribution is 6.31. The van der Waals surface area contributed by atoms with Crippen LogP contribution in [0.25, 0.3) is 11.7 Å². The molecule has 8 heteroatoms. The number of carbonyl (C=O) groups excluding carboxylic acids is 2. The number of piperidine rings is 1. The number of imidazole rings is 1. The third-order valence-electron chi connectivity index (χ3n) is 5.38. The zero-order valence-corrected chi connectivity index (χ0v) is 16.3. The summed E-state index contributed by atoms with van der Waals surface area (Å²) in [4.78, 5) is 33.1. The lowest BCUT2D eigenvalue weighted by atomic mass is 9.95. The summed E-state index contributed by atoms with van der Waals surface area (Å²) in [6.45, 7) is 3.73. The molecule has 2 amide bonds. The van der Waals surface area contributed by atoms with Gasteiger partial charge in [0.05, 0.1) is 18.9 Å². The summed E-state index contributed by atoms with van der Waals surface area (Å²) in [7, 11) is 0. The zero-order chi connectivity index (χ0) is 19.5. The Hall–Kier alpha value is -2.38. The van der Waals surface area contributed by atoms with Crippen LogP contribution in [0.4, 0.5) is 0 Å². The highest BCUT2D eigenvalue weighted by Crippen LogP contribution is 2.22. The first-order valence-electron chi connectivity index (χ1n) is 9.59. The molecule has 0 bridgehead atoms. The number of hydrogen-bond donors (Lipinski definition) is 0. The van der Waals surface area contributed by atoms with Crippen LogP contribution in [-0.2, 0) is 14.3 Å². The number of hydrogen-bond acceptors (Lipinski definition) is 4. The topological polar surface area (TPSA) is 67.2 Å². The van der Waals surface area contributed by atoms with E-state index in [9.17, 15) is 9.59 Å². The van der Waals surface area contributed by atoms with Crippen molar-refractivity contribution in [3.8, 4) is 0 Å². The zero-order valence-electron chi connectivity index (χ0n) is 15.6. The molecule has 4 rings (SSSR count). The van der Waals surface area contributed by atoms with Gasteiger partial charge >= 0.3 is 0 Å². The number of fused-ring (bicyclic) bond motifs is 1. The Morgan fingerprint density at radius 1 is 1.11 bits per heavy atom. The Morgan fingerprint density at radius 3 is 2.61 bits per heavy atom. The number of halogens is 1. The fourth-order valence-electron chi connectivity index (χ4n) is 3.78. The Kier molecular flexibility index (Phi) is 5.64. The van der Waals surface area contributed by atoms with Crippen molar-refractivity contribution in [1.82, 2.24) is 19.2 Å². The van der Waals surface area contributed by atoms with Crippen molar-refractivity contribution in [2.75, 3.05) is 39.4 Å². The van der Waals surface area contributed by atoms with Crippen LogP contribution in [0.3, 0.4) is 0 Å². The van der Waals surface area contributed by atoms with E-state index in [0.29, 0.717) is 63.1 Å². The molecule has 28 heavy (non-hydrogen) atoms. The lowest BCUT2D eigenvalue weighted by molar-refractivity contribution is -0.142. The van der Waals surface area contributed by atoms with Crippen molar-refractivity contribution < 1.29 is 14.3 Å². The van der Waals surface area contributed by atoms with Gasteiger partial charge in [-0.2, -0.15) is 0 Å². The Balaban J connectivity index is 1.35. The number of carbonyl (C=O) groups is 2. The van der Waals surface area contributed by atoms with Gasteiger partial charge in [0.25, 0.3) is 0 Å². The fourth-order valence-corrected chi connectivity index (χ4v) is 4.02. The minimum Gasteiger partial charge on any atom is -0.378 e. The van der Waals surface area contributed by atoms with Crippen molar-refractivity contribution in [3.63, 3.8) is 0 Å². The van der Waals surface area contributed by atoms with Crippen LogP contribution in [0.15, 0.2) is 30.5 Å². The first-order valence-corrected chi connectivity index (χ1v) is 9.97. The van der Waals surface area contributed by atoms with Gasteiger partial charge in [0.15, 0.2) is 5.15 Å². The summed E-state index contributed by atoms with van der Waals surface area (Å²) >= 11 is 6.21. The van der Waals surface area contributed by atoms with E-state index in [1.54, 1.807) is 11.0 Å². The third-order valence-corrected chi connectivity index (χ3v) is 5.66. The van der Waals surface area contributed by atoms with E-state index in [1.807, 2.05) is 33.7 Å². The van der Waals surface area contributed by atoms with Gasteiger partial charge in [0.2, 0.25) is 11.8 Å². The summed E-state index contributed by atoms with van der Waals surface area (Å²) in [5.41, 5.74) is 1.42. The molecular weight excluding hydrogens is 380 g/mol. The quantitative estimate of drug-likeness (QED) is 0.737. The SMILES string of the molecule is O=C(/C=C/c1c(Cl)nc2ccccn12)N1CCC(C(=O)N2CCOCC2)CC1. The molecule has 0 saturated carbocycles. The smallest absolute Gasteiger partial charge is 0.246 e. The first-order chi connectivity index (χ1) is 13.6. The summed E-state index contributed by atoms with van der Waals surface area (Å²) in [5, 5.41) is 0.366. The molecule has 2 saturated heterocycles. The van der Waals surface area contributed by atoms with Crippen LogP contribution in [0.2, 0.25) is 5.15 Å². The van der Waals surface area contributed by atoms with Crippen LogP contribution in [-0.4, -0.2) is 70.4 Å². The monoisotopic (exact) mass is 402 g/mol. The number of ether oxygens (including phenoxy) is 1. The molecule has 2 aromatic rings. The maximum atomic E-state index is 12.6. The molecular formula is C20H23ClN4O3. The van der Waals surface area contributed by atoms with E-state index in [-0.39, 0.29) is 17.7 Å². The molecule has 2 aliphatic rings. The number of rotatable bonds is 3. The number of amides is 2. The molecule has 0 spiro atoms. The normalized spacial score (nSPS) is 18.9. The second-order valence-electron chi connectivity index (χ2n) is 7.09. The van der Waals surface area contributed by atoms with E-state index in [1.165, 1.54) is 6.08 Å². The molecule has 0 N–H and O–H groups in total. The van der Waals surface area contributed by atoms with Crippen LogP contribution in [0.1, 0.15) is 18.5 Å². The van der Waals surface area contributed by atoms with Crippen molar-refractivity contribution in [2.24, 2.45) is 5.92 Å². The Labute approximate surface area is 168 Å². The predicted molar refractivity (Wildman–Crippen MR) is 106 cm³/mol. The van der Waals surface area contributed by atoms with Gasteiger partial charge in [-0.1, -0.05) is 17.7 Å². The van der Waals surface area contributed by atoms with Gasteiger partial charge in [-0.15, -0.1) is 0 Å². The average Bonchev–Trinajstić information content (AvgIpc) is 3.07. The van der Waals surface area contributed by atoms with Crippen molar-refractivity contribution >= 4 is 35.1 Å². The molecule has 2 fully saturated rings. The molecule has 0 radical (unpaired) electrons. The number of aromatic nitrogens is 2. The number of pyridine rings is 1. The minimum absolute atomic E-state index is 0.000605. The summed E-state index contributed by atoms with van der Waals surface area (Å²) < 4.78 is 7.16. The minimum atomic E-state index is -0.0702. The molecule has 0 aliphatic carbocycles. The van der Waals surface area contributed by atoms with E-state index in [2.05, 4.69) is 4.98 Å². The van der Waals surface area contributed by atoms with Crippen molar-refractivity contribution in [3.05, 3.63) is 41.3 Å². The maximum Gasteiger partial charge on any atom is 0.246 e. The van der Waals surface area contributed by atoms with E-state index in [0.717, 1.165) is 5.65 Å². The lowest BCUT2D eigenvalue weighted by Gasteiger charge is -2.35. The van der Waals surface area contributed by atoms with Crippen molar-refractivity contribution in [1.29, 1.82) is 0 Å². The number of morpholine rings is 1. The lowest BCUT2D eigenvalue weighted by Crippen LogP contribution is -2.47. The average molecular weight is 403 g/mol. The molecule has 4 heterocycles. The van der Waals surface area contributed by atoms with Gasteiger partial charge in [-0.05, 0) is 31.1 Å². The van der Waals surface area contributed by atoms with Crippen LogP contribution >= 0.6 is 11.6 Å². The summed E-state index contributed by atoms with van der Waals surface area (Å²) in [6, 6.07) is 5.64. The molecule has 0 atom stereocenters. The van der Waals surface area contributed by atoms with E-state index in [4.69, 9.17) is 16.3 Å². The van der Waals surface area contributed by atoms with Gasteiger partial charge in [-0.25, -0.2) is 4.98 Å². The number of likely N-dealkylation sites (tertiary alicyclic amines) is 1. The second-order valence-corrected chi connectivity index (χ2v) is 7.45. The van der Waals surface area contributed by atoms with E-state index < -0.39 is 0 Å². The molecule has 0 unspecified atom stereocenters. The third kappa shape index (κ3) is 3.91. The summed E-state index contributed by atoms with van der Waals surface area (Å²) in [6.07, 6.45) is 6.50. The Morgan fingerprint density at radius 2 is 1.86 bits per heavy atom. The second kappa shape index (κ2) is 8.32.